The average molecular weight is 409 g/mol. The maximum Gasteiger partial charge on any atom is 0.191 e. The van der Waals surface area contributed by atoms with Crippen LogP contribution in [0.4, 0.5) is 4.39 Å². The summed E-state index contributed by atoms with van der Waals surface area (Å²) in [5.41, 5.74) is 0. The summed E-state index contributed by atoms with van der Waals surface area (Å²) in [5.74, 6) is 0.680. The minimum absolute atomic E-state index is 0. The second kappa shape index (κ2) is 11.6. The molecule has 0 spiro atoms. The van der Waals surface area contributed by atoms with Crippen molar-refractivity contribution in [3.8, 4) is 5.75 Å². The first kappa shape index (κ1) is 19.9. The summed E-state index contributed by atoms with van der Waals surface area (Å²) in [4.78, 5) is 4.42. The minimum Gasteiger partial charge on any atom is -0.486 e. The molecule has 0 saturated carbocycles. The van der Waals surface area contributed by atoms with E-state index in [9.17, 15) is 4.39 Å². The molecule has 0 aromatic heterocycles. The number of nitrogens with one attached hydrogen (secondary N) is 2. The molecule has 1 rings (SSSR count). The summed E-state index contributed by atoms with van der Waals surface area (Å²) in [5, 5.41) is 6.37. The fourth-order valence-electron chi connectivity index (χ4n) is 1.60. The van der Waals surface area contributed by atoms with Gasteiger partial charge in [-0.3, -0.25) is 0 Å². The largest absolute Gasteiger partial charge is 0.486 e. The number of aliphatic imine (C=N–C) groups is 1. The normalized spacial score (nSPS) is 12.3. The van der Waals surface area contributed by atoms with Crippen LogP contribution in [0.3, 0.4) is 0 Å². The van der Waals surface area contributed by atoms with Gasteiger partial charge >= 0.3 is 0 Å². The van der Waals surface area contributed by atoms with Gasteiger partial charge in [0.05, 0.1) is 6.54 Å². The zero-order valence-electron chi connectivity index (χ0n) is 12.9. The summed E-state index contributed by atoms with van der Waals surface area (Å²) < 4.78 is 19.0. The molecule has 120 valence electrons. The van der Waals surface area contributed by atoms with Gasteiger partial charge in [-0.2, -0.15) is 0 Å². The molecule has 1 aromatic rings. The maximum absolute atomic E-state index is 13.5. The van der Waals surface area contributed by atoms with Crippen molar-refractivity contribution >= 4 is 29.9 Å². The van der Waals surface area contributed by atoms with Gasteiger partial charge in [0.2, 0.25) is 0 Å². The lowest BCUT2D eigenvalue weighted by molar-refractivity contribution is 0.220. The van der Waals surface area contributed by atoms with Crippen LogP contribution < -0.4 is 15.4 Å². The molecular formula is C15H25FIN3O. The van der Waals surface area contributed by atoms with Gasteiger partial charge in [-0.05, 0) is 32.4 Å². The van der Waals surface area contributed by atoms with Crippen molar-refractivity contribution < 1.29 is 9.13 Å². The molecule has 0 amide bonds. The van der Waals surface area contributed by atoms with E-state index in [2.05, 4.69) is 22.5 Å². The van der Waals surface area contributed by atoms with Crippen LogP contribution in [-0.4, -0.2) is 31.7 Å². The second-order valence-corrected chi connectivity index (χ2v) is 4.51. The summed E-state index contributed by atoms with van der Waals surface area (Å²) in [6, 6.07) is 6.40. The van der Waals surface area contributed by atoms with Crippen molar-refractivity contribution in [1.29, 1.82) is 0 Å². The Morgan fingerprint density at radius 1 is 1.29 bits per heavy atom. The van der Waals surface area contributed by atoms with E-state index >= 15 is 0 Å². The maximum atomic E-state index is 13.5. The lowest BCUT2D eigenvalue weighted by Gasteiger charge is -2.15. The van der Waals surface area contributed by atoms with Gasteiger partial charge in [-0.15, -0.1) is 24.0 Å². The predicted octanol–water partition coefficient (Wildman–Crippen LogP) is 3.18. The molecule has 1 unspecified atom stereocenters. The molecule has 1 atom stereocenters. The summed E-state index contributed by atoms with van der Waals surface area (Å²) in [7, 11) is 0. The van der Waals surface area contributed by atoms with Crippen LogP contribution in [0.15, 0.2) is 29.3 Å². The SMILES string of the molecule is CCCNC(=NCC(C)Oc1ccccc1F)NCC.I. The average Bonchev–Trinajstić information content (AvgIpc) is 2.44. The quantitative estimate of drug-likeness (QED) is 0.413. The summed E-state index contributed by atoms with van der Waals surface area (Å²) in [6.07, 6.45) is 0.843. The highest BCUT2D eigenvalue weighted by Crippen LogP contribution is 2.16. The Morgan fingerprint density at radius 3 is 2.62 bits per heavy atom. The number of guanidine groups is 1. The second-order valence-electron chi connectivity index (χ2n) is 4.51. The van der Waals surface area contributed by atoms with Crippen LogP contribution in [0.1, 0.15) is 27.2 Å². The molecule has 6 heteroatoms. The number of hydrogen-bond acceptors (Lipinski definition) is 2. The number of halogens is 2. The fourth-order valence-corrected chi connectivity index (χ4v) is 1.60. The monoisotopic (exact) mass is 409 g/mol. The Morgan fingerprint density at radius 2 is 2.00 bits per heavy atom. The molecule has 2 N–H and O–H groups in total. The van der Waals surface area contributed by atoms with E-state index in [0.29, 0.717) is 6.54 Å². The molecule has 0 aliphatic rings. The number of rotatable bonds is 7. The van der Waals surface area contributed by atoms with Gasteiger partial charge in [-0.1, -0.05) is 19.1 Å². The first-order valence-electron chi connectivity index (χ1n) is 7.10. The van der Waals surface area contributed by atoms with Gasteiger partial charge in [0.25, 0.3) is 0 Å². The zero-order chi connectivity index (χ0) is 14.8. The third-order valence-electron chi connectivity index (χ3n) is 2.56. The van der Waals surface area contributed by atoms with Gasteiger partial charge in [-0.25, -0.2) is 9.38 Å². The molecule has 0 saturated heterocycles. The molecule has 0 aliphatic heterocycles. The Bertz CT molecular complexity index is 429. The smallest absolute Gasteiger partial charge is 0.191 e. The minimum atomic E-state index is -0.348. The molecule has 0 fully saturated rings. The molecule has 0 heterocycles. The van der Waals surface area contributed by atoms with Crippen LogP contribution in [-0.2, 0) is 0 Å². The van der Waals surface area contributed by atoms with E-state index in [-0.39, 0.29) is 41.6 Å². The van der Waals surface area contributed by atoms with Gasteiger partial charge < -0.3 is 15.4 Å². The fraction of sp³-hybridized carbons (Fsp3) is 0.533. The molecule has 1 aromatic carbocycles. The van der Waals surface area contributed by atoms with Crippen molar-refractivity contribution in [3.63, 3.8) is 0 Å². The third kappa shape index (κ3) is 8.08. The third-order valence-corrected chi connectivity index (χ3v) is 2.56. The number of para-hydroxylation sites is 1. The van der Waals surface area contributed by atoms with Crippen molar-refractivity contribution in [2.45, 2.75) is 33.3 Å². The van der Waals surface area contributed by atoms with Gasteiger partial charge in [0.1, 0.15) is 6.10 Å². The van der Waals surface area contributed by atoms with E-state index in [4.69, 9.17) is 4.74 Å². The number of benzene rings is 1. The lowest BCUT2D eigenvalue weighted by Crippen LogP contribution is -2.38. The first-order chi connectivity index (χ1) is 9.67. The molecule has 0 aliphatic carbocycles. The number of nitrogens with zero attached hydrogens (tertiary/aromatic N) is 1. The van der Waals surface area contributed by atoms with Crippen LogP contribution in [0.2, 0.25) is 0 Å². The summed E-state index contributed by atoms with van der Waals surface area (Å²) >= 11 is 0. The van der Waals surface area contributed by atoms with E-state index < -0.39 is 0 Å². The topological polar surface area (TPSA) is 45.7 Å². The predicted molar refractivity (Wildman–Crippen MR) is 96.2 cm³/mol. The number of hydrogen-bond donors (Lipinski definition) is 2. The zero-order valence-corrected chi connectivity index (χ0v) is 15.2. The molecule has 0 bridgehead atoms. The lowest BCUT2D eigenvalue weighted by atomic mass is 10.3. The Hall–Kier alpha value is -1.05. The highest BCUT2D eigenvalue weighted by Gasteiger charge is 2.07. The number of ether oxygens (including phenoxy) is 1. The molecule has 21 heavy (non-hydrogen) atoms. The van der Waals surface area contributed by atoms with Crippen LogP contribution in [0.25, 0.3) is 0 Å². The van der Waals surface area contributed by atoms with Crippen molar-refractivity contribution in [1.82, 2.24) is 10.6 Å². The van der Waals surface area contributed by atoms with Crippen LogP contribution in [0.5, 0.6) is 5.75 Å². The van der Waals surface area contributed by atoms with Crippen LogP contribution in [0, 0.1) is 5.82 Å². The standard InChI is InChI=1S/C15H24FN3O.HI/c1-4-10-18-15(17-5-2)19-11-12(3)20-14-9-7-6-8-13(14)16;/h6-9,12H,4-5,10-11H2,1-3H3,(H2,17,18,19);1H. The Kier molecular flexibility index (Phi) is 11.0. The van der Waals surface area contributed by atoms with Gasteiger partial charge in [0, 0.05) is 13.1 Å². The van der Waals surface area contributed by atoms with Crippen molar-refractivity contribution in [2.75, 3.05) is 19.6 Å². The van der Waals surface area contributed by atoms with E-state index in [1.54, 1.807) is 18.2 Å². The molecule has 0 radical (unpaired) electrons. The van der Waals surface area contributed by atoms with E-state index in [0.717, 1.165) is 25.5 Å². The van der Waals surface area contributed by atoms with Crippen molar-refractivity contribution in [2.24, 2.45) is 4.99 Å². The Balaban J connectivity index is 0.00000400. The first-order valence-corrected chi connectivity index (χ1v) is 7.10. The summed E-state index contributed by atoms with van der Waals surface area (Å²) in [6.45, 7) is 8.13. The van der Waals surface area contributed by atoms with E-state index in [1.165, 1.54) is 6.07 Å². The highest BCUT2D eigenvalue weighted by molar-refractivity contribution is 14.0. The van der Waals surface area contributed by atoms with Crippen molar-refractivity contribution in [3.05, 3.63) is 30.1 Å². The molecular weight excluding hydrogens is 384 g/mol. The highest BCUT2D eigenvalue weighted by atomic mass is 127. The van der Waals surface area contributed by atoms with Crippen LogP contribution >= 0.6 is 24.0 Å². The molecule has 4 nitrogen and oxygen atoms in total. The van der Waals surface area contributed by atoms with E-state index in [1.807, 2.05) is 13.8 Å². The Labute approximate surface area is 143 Å². The van der Waals surface area contributed by atoms with Gasteiger partial charge in [0.15, 0.2) is 17.5 Å².